The molecule has 112 valence electrons. The van der Waals surface area contributed by atoms with E-state index in [0.29, 0.717) is 6.42 Å². The van der Waals surface area contributed by atoms with E-state index >= 15 is 0 Å². The topological polar surface area (TPSA) is 60.2 Å². The van der Waals surface area contributed by atoms with Crippen molar-refractivity contribution >= 4 is 9.84 Å². The second kappa shape index (κ2) is 6.87. The van der Waals surface area contributed by atoms with Gasteiger partial charge in [0.1, 0.15) is 9.84 Å². The summed E-state index contributed by atoms with van der Waals surface area (Å²) in [7, 11) is -3.00. The number of hydrogen-bond donors (Lipinski definition) is 1. The van der Waals surface area contributed by atoms with Gasteiger partial charge in [0.15, 0.2) is 0 Å². The molecule has 0 heterocycles. The molecule has 1 atom stereocenters. The van der Waals surface area contributed by atoms with Crippen molar-refractivity contribution in [2.45, 2.75) is 18.4 Å². The summed E-state index contributed by atoms with van der Waals surface area (Å²) >= 11 is 0. The van der Waals surface area contributed by atoms with Gasteiger partial charge in [-0.25, -0.2) is 8.42 Å². The number of nitrogens with two attached hydrogens (primary N) is 1. The molecule has 0 amide bonds. The minimum Gasteiger partial charge on any atom is -0.327 e. The highest BCUT2D eigenvalue weighted by Crippen LogP contribution is 2.28. The zero-order valence-electron chi connectivity index (χ0n) is 12.1. The molecule has 0 saturated carbocycles. The third kappa shape index (κ3) is 4.69. The fraction of sp³-hybridized carbons (Fsp3) is 0.294. The fourth-order valence-corrected chi connectivity index (χ4v) is 3.22. The molecule has 0 spiro atoms. The van der Waals surface area contributed by atoms with Crippen LogP contribution in [0.15, 0.2) is 60.7 Å². The van der Waals surface area contributed by atoms with E-state index in [-0.39, 0.29) is 17.7 Å². The van der Waals surface area contributed by atoms with E-state index in [1.54, 1.807) is 0 Å². The van der Waals surface area contributed by atoms with Gasteiger partial charge in [0, 0.05) is 18.2 Å². The van der Waals surface area contributed by atoms with Crippen molar-refractivity contribution in [2.24, 2.45) is 5.73 Å². The second-order valence-corrected chi connectivity index (χ2v) is 7.64. The number of rotatable bonds is 6. The Morgan fingerprint density at radius 1 is 0.905 bits per heavy atom. The van der Waals surface area contributed by atoms with Gasteiger partial charge < -0.3 is 5.73 Å². The Labute approximate surface area is 126 Å². The third-order valence-electron chi connectivity index (χ3n) is 3.57. The smallest absolute Gasteiger partial charge is 0.147 e. The van der Waals surface area contributed by atoms with Crippen LogP contribution in [0, 0.1) is 0 Å². The van der Waals surface area contributed by atoms with Gasteiger partial charge in [0.05, 0.1) is 5.75 Å². The van der Waals surface area contributed by atoms with E-state index in [0.717, 1.165) is 11.1 Å². The first kappa shape index (κ1) is 15.7. The molecule has 21 heavy (non-hydrogen) atoms. The second-order valence-electron chi connectivity index (χ2n) is 5.38. The first-order valence-corrected chi connectivity index (χ1v) is 9.06. The van der Waals surface area contributed by atoms with Gasteiger partial charge in [-0.1, -0.05) is 60.7 Å². The SMILES string of the molecule is CS(=O)(=O)CCC(N)C(c1ccccc1)c1ccccc1. The molecular formula is C17H21NO2S. The Balaban J connectivity index is 2.29. The highest BCUT2D eigenvalue weighted by molar-refractivity contribution is 7.90. The highest BCUT2D eigenvalue weighted by Gasteiger charge is 2.22. The normalized spacial score (nSPS) is 13.3. The Bertz CT molecular complexity index is 614. The maximum Gasteiger partial charge on any atom is 0.147 e. The van der Waals surface area contributed by atoms with Crippen LogP contribution >= 0.6 is 0 Å². The lowest BCUT2D eigenvalue weighted by Crippen LogP contribution is -2.31. The summed E-state index contributed by atoms with van der Waals surface area (Å²) < 4.78 is 22.8. The van der Waals surface area contributed by atoms with Crippen LogP contribution < -0.4 is 5.73 Å². The van der Waals surface area contributed by atoms with E-state index in [2.05, 4.69) is 0 Å². The van der Waals surface area contributed by atoms with Gasteiger partial charge in [0.2, 0.25) is 0 Å². The molecule has 2 rings (SSSR count). The fourth-order valence-electron chi connectivity index (χ4n) is 2.52. The summed E-state index contributed by atoms with van der Waals surface area (Å²) in [4.78, 5) is 0. The zero-order valence-corrected chi connectivity index (χ0v) is 13.0. The summed E-state index contributed by atoms with van der Waals surface area (Å²) in [5.74, 6) is 0.124. The molecule has 0 fully saturated rings. The standard InChI is InChI=1S/C17H21NO2S/c1-21(19,20)13-12-16(18)17(14-8-4-2-5-9-14)15-10-6-3-7-11-15/h2-11,16-17H,12-13,18H2,1H3. The molecule has 0 aliphatic heterocycles. The molecule has 0 bridgehead atoms. The number of hydrogen-bond acceptors (Lipinski definition) is 3. The summed E-state index contributed by atoms with van der Waals surface area (Å²) in [6.45, 7) is 0. The molecule has 2 N–H and O–H groups in total. The number of benzene rings is 2. The van der Waals surface area contributed by atoms with Crippen LogP contribution in [0.5, 0.6) is 0 Å². The summed E-state index contributed by atoms with van der Waals surface area (Å²) in [6, 6.07) is 19.8. The van der Waals surface area contributed by atoms with Gasteiger partial charge in [-0.2, -0.15) is 0 Å². The van der Waals surface area contributed by atoms with E-state index in [1.165, 1.54) is 6.26 Å². The summed E-state index contributed by atoms with van der Waals surface area (Å²) in [6.07, 6.45) is 1.70. The third-order valence-corrected chi connectivity index (χ3v) is 4.54. The Morgan fingerprint density at radius 2 is 1.33 bits per heavy atom. The largest absolute Gasteiger partial charge is 0.327 e. The van der Waals surface area contributed by atoms with E-state index in [9.17, 15) is 8.42 Å². The van der Waals surface area contributed by atoms with Crippen LogP contribution in [0.3, 0.4) is 0 Å². The first-order valence-electron chi connectivity index (χ1n) is 7.00. The maximum atomic E-state index is 11.4. The van der Waals surface area contributed by atoms with Crippen molar-refractivity contribution in [3.8, 4) is 0 Å². The van der Waals surface area contributed by atoms with Crippen LogP contribution in [0.2, 0.25) is 0 Å². The predicted octanol–water partition coefficient (Wildman–Crippen LogP) is 2.58. The van der Waals surface area contributed by atoms with Crippen molar-refractivity contribution in [3.05, 3.63) is 71.8 Å². The summed E-state index contributed by atoms with van der Waals surface area (Å²) in [5, 5.41) is 0. The Hall–Kier alpha value is -1.65. The molecule has 3 nitrogen and oxygen atoms in total. The number of sulfone groups is 1. The zero-order chi connectivity index (χ0) is 15.3. The maximum absolute atomic E-state index is 11.4. The van der Waals surface area contributed by atoms with Crippen molar-refractivity contribution in [1.82, 2.24) is 0 Å². The van der Waals surface area contributed by atoms with Crippen LogP contribution in [-0.4, -0.2) is 26.5 Å². The van der Waals surface area contributed by atoms with Gasteiger partial charge >= 0.3 is 0 Å². The lowest BCUT2D eigenvalue weighted by molar-refractivity contribution is 0.559. The Morgan fingerprint density at radius 3 is 1.71 bits per heavy atom. The molecule has 4 heteroatoms. The van der Waals surface area contributed by atoms with Crippen LogP contribution in [0.4, 0.5) is 0 Å². The predicted molar refractivity (Wildman–Crippen MR) is 87.0 cm³/mol. The molecule has 2 aromatic carbocycles. The molecule has 0 aromatic heterocycles. The monoisotopic (exact) mass is 303 g/mol. The molecule has 0 radical (unpaired) electrons. The van der Waals surface area contributed by atoms with Crippen LogP contribution in [0.25, 0.3) is 0 Å². The van der Waals surface area contributed by atoms with E-state index < -0.39 is 9.84 Å². The summed E-state index contributed by atoms with van der Waals surface area (Å²) in [5.41, 5.74) is 8.56. The van der Waals surface area contributed by atoms with E-state index in [1.807, 2.05) is 60.7 Å². The van der Waals surface area contributed by atoms with Crippen molar-refractivity contribution in [3.63, 3.8) is 0 Å². The van der Waals surface area contributed by atoms with Crippen LogP contribution in [0.1, 0.15) is 23.5 Å². The molecule has 2 aromatic rings. The van der Waals surface area contributed by atoms with Gasteiger partial charge in [0.25, 0.3) is 0 Å². The van der Waals surface area contributed by atoms with E-state index in [4.69, 9.17) is 5.73 Å². The average Bonchev–Trinajstić information content (AvgIpc) is 2.47. The van der Waals surface area contributed by atoms with Gasteiger partial charge in [-0.15, -0.1) is 0 Å². The molecule has 0 aliphatic rings. The van der Waals surface area contributed by atoms with Crippen molar-refractivity contribution < 1.29 is 8.42 Å². The molecule has 1 unspecified atom stereocenters. The molecular weight excluding hydrogens is 282 g/mol. The lowest BCUT2D eigenvalue weighted by Gasteiger charge is -2.25. The average molecular weight is 303 g/mol. The minimum absolute atomic E-state index is 0.00847. The van der Waals surface area contributed by atoms with Gasteiger partial charge in [-0.05, 0) is 17.5 Å². The molecule has 0 aliphatic carbocycles. The quantitative estimate of drug-likeness (QED) is 0.892. The van der Waals surface area contributed by atoms with Gasteiger partial charge in [-0.3, -0.25) is 0 Å². The van der Waals surface area contributed by atoms with Crippen molar-refractivity contribution in [2.75, 3.05) is 12.0 Å². The first-order chi connectivity index (χ1) is 9.97. The van der Waals surface area contributed by atoms with Crippen LogP contribution in [-0.2, 0) is 9.84 Å². The Kier molecular flexibility index (Phi) is 5.15. The lowest BCUT2D eigenvalue weighted by atomic mass is 9.84. The highest BCUT2D eigenvalue weighted by atomic mass is 32.2. The van der Waals surface area contributed by atoms with Crippen molar-refractivity contribution in [1.29, 1.82) is 0 Å². The molecule has 0 saturated heterocycles. The minimum atomic E-state index is -3.00.